The monoisotopic (exact) mass is 310 g/mol. The van der Waals surface area contributed by atoms with Gasteiger partial charge in [-0.25, -0.2) is 4.98 Å². The van der Waals surface area contributed by atoms with Crippen LogP contribution in [0.25, 0.3) is 0 Å². The molecule has 3 N–H and O–H groups in total. The number of hydrogen-bond acceptors (Lipinski definition) is 5. The minimum atomic E-state index is 0.274. The van der Waals surface area contributed by atoms with Crippen molar-refractivity contribution in [1.29, 1.82) is 0 Å². The first kappa shape index (κ1) is 15.2. The summed E-state index contributed by atoms with van der Waals surface area (Å²) in [4.78, 5) is 4.51. The van der Waals surface area contributed by atoms with Crippen molar-refractivity contribution in [3.05, 3.63) is 40.7 Å². The summed E-state index contributed by atoms with van der Waals surface area (Å²) < 4.78 is 4.38. The van der Waals surface area contributed by atoms with Crippen LogP contribution >= 0.6 is 23.1 Å². The molecule has 2 aromatic rings. The zero-order chi connectivity index (χ0) is 14.4. The van der Waals surface area contributed by atoms with E-state index in [1.807, 2.05) is 24.3 Å². The Morgan fingerprint density at radius 3 is 2.75 bits per heavy atom. The van der Waals surface area contributed by atoms with E-state index < -0.39 is 0 Å². The van der Waals surface area contributed by atoms with Crippen LogP contribution in [0.4, 0.5) is 5.13 Å². The molecule has 0 aliphatic carbocycles. The Morgan fingerprint density at radius 1 is 1.35 bits per heavy atom. The number of benzene rings is 1. The van der Waals surface area contributed by atoms with Crippen molar-refractivity contribution in [3.8, 4) is 0 Å². The molecular formula is C14H19ClN4S. The van der Waals surface area contributed by atoms with E-state index in [0.717, 1.165) is 40.8 Å². The zero-order valence-electron chi connectivity index (χ0n) is 11.5. The maximum atomic E-state index is 5.87. The molecule has 20 heavy (non-hydrogen) atoms. The maximum Gasteiger partial charge on any atom is 0.202 e. The molecule has 0 radical (unpaired) electrons. The highest BCUT2D eigenvalue weighted by Crippen LogP contribution is 2.17. The Bertz CT molecular complexity index is 526. The largest absolute Gasteiger partial charge is 0.356 e. The van der Waals surface area contributed by atoms with Crippen molar-refractivity contribution in [3.63, 3.8) is 0 Å². The molecular weight excluding hydrogens is 292 g/mol. The fourth-order valence-corrected chi connectivity index (χ4v) is 2.73. The van der Waals surface area contributed by atoms with E-state index >= 15 is 0 Å². The van der Waals surface area contributed by atoms with Gasteiger partial charge >= 0.3 is 0 Å². The number of nitrogens with one attached hydrogen (secondary N) is 1. The van der Waals surface area contributed by atoms with Crippen molar-refractivity contribution < 1.29 is 0 Å². The number of hydrogen-bond donors (Lipinski definition) is 2. The Balaban J connectivity index is 1.96. The Morgan fingerprint density at radius 2 is 2.10 bits per heavy atom. The van der Waals surface area contributed by atoms with Crippen LogP contribution in [0.15, 0.2) is 24.3 Å². The molecule has 4 nitrogen and oxygen atoms in total. The van der Waals surface area contributed by atoms with E-state index in [0.29, 0.717) is 6.54 Å². The van der Waals surface area contributed by atoms with Gasteiger partial charge in [-0.05, 0) is 24.1 Å². The Labute approximate surface area is 128 Å². The predicted octanol–water partition coefficient (Wildman–Crippen LogP) is 3.32. The average molecular weight is 311 g/mol. The fraction of sp³-hybridized carbons (Fsp3) is 0.429. The molecule has 0 fully saturated rings. The normalized spacial score (nSPS) is 12.3. The molecule has 1 atom stereocenters. The highest BCUT2D eigenvalue weighted by Gasteiger charge is 2.10. The molecule has 2 rings (SSSR count). The summed E-state index contributed by atoms with van der Waals surface area (Å²) in [7, 11) is 0. The molecule has 0 spiro atoms. The lowest BCUT2D eigenvalue weighted by Crippen LogP contribution is -2.28. The second-order valence-corrected chi connectivity index (χ2v) is 5.87. The van der Waals surface area contributed by atoms with Crippen LogP contribution in [0.3, 0.4) is 0 Å². The first-order valence-electron chi connectivity index (χ1n) is 6.75. The third-order valence-corrected chi connectivity index (χ3v) is 3.93. The molecule has 0 amide bonds. The van der Waals surface area contributed by atoms with Gasteiger partial charge in [0.1, 0.15) is 5.82 Å². The predicted molar refractivity (Wildman–Crippen MR) is 85.5 cm³/mol. The van der Waals surface area contributed by atoms with E-state index in [2.05, 4.69) is 21.6 Å². The highest BCUT2D eigenvalue weighted by atomic mass is 35.5. The van der Waals surface area contributed by atoms with Crippen LogP contribution in [0.1, 0.15) is 31.2 Å². The zero-order valence-corrected chi connectivity index (χ0v) is 13.0. The number of nitrogens with zero attached hydrogens (tertiary/aromatic N) is 2. The van der Waals surface area contributed by atoms with Gasteiger partial charge < -0.3 is 11.1 Å². The lowest BCUT2D eigenvalue weighted by molar-refractivity contribution is 0.647. The highest BCUT2D eigenvalue weighted by molar-refractivity contribution is 7.09. The third kappa shape index (κ3) is 4.44. The summed E-state index contributed by atoms with van der Waals surface area (Å²) in [6.07, 6.45) is 2.87. The minimum Gasteiger partial charge on any atom is -0.356 e. The quantitative estimate of drug-likeness (QED) is 0.823. The maximum absolute atomic E-state index is 5.87. The topological polar surface area (TPSA) is 63.8 Å². The van der Waals surface area contributed by atoms with Crippen LogP contribution in [0.5, 0.6) is 0 Å². The molecule has 1 unspecified atom stereocenters. The van der Waals surface area contributed by atoms with Crippen LogP contribution < -0.4 is 11.1 Å². The Hall–Kier alpha value is -1.17. The van der Waals surface area contributed by atoms with Gasteiger partial charge in [0, 0.05) is 35.6 Å². The first-order valence-corrected chi connectivity index (χ1v) is 7.90. The Kier molecular flexibility index (Phi) is 5.76. The second-order valence-electron chi connectivity index (χ2n) is 4.68. The van der Waals surface area contributed by atoms with Crippen molar-refractivity contribution in [2.75, 3.05) is 11.9 Å². The third-order valence-electron chi connectivity index (χ3n) is 2.99. The van der Waals surface area contributed by atoms with Gasteiger partial charge in [0.15, 0.2) is 0 Å². The van der Waals surface area contributed by atoms with Gasteiger partial charge in [-0.1, -0.05) is 37.1 Å². The molecule has 0 aliphatic rings. The number of anilines is 1. The van der Waals surface area contributed by atoms with Crippen molar-refractivity contribution >= 4 is 28.3 Å². The van der Waals surface area contributed by atoms with Crippen molar-refractivity contribution in [2.24, 2.45) is 5.73 Å². The van der Waals surface area contributed by atoms with Gasteiger partial charge in [-0.15, -0.1) is 0 Å². The molecule has 6 heteroatoms. The first-order chi connectivity index (χ1) is 9.71. The number of aromatic nitrogens is 2. The van der Waals surface area contributed by atoms with Crippen LogP contribution in [0, 0.1) is 0 Å². The molecule has 0 bridgehead atoms. The standard InChI is InChI=1S/C14H19ClN4S/c1-2-3-12(9-16)17-14-18-13(19-20-14)8-10-4-6-11(15)7-5-10/h4-7,12H,2-3,8-9,16H2,1H3,(H,17,18,19). The van der Waals surface area contributed by atoms with Crippen LogP contribution in [-0.4, -0.2) is 21.9 Å². The number of rotatable bonds is 7. The van der Waals surface area contributed by atoms with E-state index in [9.17, 15) is 0 Å². The summed E-state index contributed by atoms with van der Waals surface area (Å²) in [6.45, 7) is 2.76. The van der Waals surface area contributed by atoms with E-state index in [1.54, 1.807) is 0 Å². The summed E-state index contributed by atoms with van der Waals surface area (Å²) in [6, 6.07) is 8.03. The molecule has 0 saturated heterocycles. The summed E-state index contributed by atoms with van der Waals surface area (Å²) in [5.74, 6) is 0.826. The van der Waals surface area contributed by atoms with Gasteiger partial charge in [-0.3, -0.25) is 0 Å². The molecule has 0 aliphatic heterocycles. The van der Waals surface area contributed by atoms with Gasteiger partial charge in [0.05, 0.1) is 0 Å². The lowest BCUT2D eigenvalue weighted by Gasteiger charge is -2.13. The van der Waals surface area contributed by atoms with Gasteiger partial charge in [0.25, 0.3) is 0 Å². The number of halogens is 1. The fourth-order valence-electron chi connectivity index (χ4n) is 1.94. The van der Waals surface area contributed by atoms with Gasteiger partial charge in [0.2, 0.25) is 5.13 Å². The number of nitrogens with two attached hydrogens (primary N) is 1. The van der Waals surface area contributed by atoms with Crippen molar-refractivity contribution in [2.45, 2.75) is 32.2 Å². The molecule has 1 aromatic carbocycles. The molecule has 0 saturated carbocycles. The summed E-state index contributed by atoms with van der Waals surface area (Å²) >= 11 is 7.26. The minimum absolute atomic E-state index is 0.274. The van der Waals surface area contributed by atoms with Crippen LogP contribution in [0.2, 0.25) is 5.02 Å². The average Bonchev–Trinajstić information content (AvgIpc) is 2.88. The summed E-state index contributed by atoms with van der Waals surface area (Å²) in [5, 5.41) is 4.93. The summed E-state index contributed by atoms with van der Waals surface area (Å²) in [5.41, 5.74) is 6.89. The smallest absolute Gasteiger partial charge is 0.202 e. The van der Waals surface area contributed by atoms with Gasteiger partial charge in [-0.2, -0.15) is 4.37 Å². The van der Waals surface area contributed by atoms with E-state index in [4.69, 9.17) is 17.3 Å². The van der Waals surface area contributed by atoms with E-state index in [1.165, 1.54) is 11.5 Å². The van der Waals surface area contributed by atoms with Crippen molar-refractivity contribution in [1.82, 2.24) is 9.36 Å². The molecule has 1 aromatic heterocycles. The second kappa shape index (κ2) is 7.57. The lowest BCUT2D eigenvalue weighted by atomic mass is 10.1. The molecule has 1 heterocycles. The van der Waals surface area contributed by atoms with Crippen LogP contribution in [-0.2, 0) is 6.42 Å². The van der Waals surface area contributed by atoms with E-state index in [-0.39, 0.29) is 6.04 Å². The SMILES string of the molecule is CCCC(CN)Nc1nc(Cc2ccc(Cl)cc2)ns1. The molecule has 108 valence electrons.